The lowest BCUT2D eigenvalue weighted by Crippen LogP contribution is -2.43. The van der Waals surface area contributed by atoms with Gasteiger partial charge in [-0.2, -0.15) is 11.3 Å². The molecule has 0 bridgehead atoms. The Morgan fingerprint density at radius 1 is 1.32 bits per heavy atom. The molecule has 1 heterocycles. The van der Waals surface area contributed by atoms with Crippen LogP contribution in [0.4, 0.5) is 0 Å². The van der Waals surface area contributed by atoms with Gasteiger partial charge in [0.2, 0.25) is 5.91 Å². The van der Waals surface area contributed by atoms with Crippen LogP contribution in [0.3, 0.4) is 0 Å². The second-order valence-corrected chi connectivity index (χ2v) is 6.07. The quantitative estimate of drug-likeness (QED) is 0.710. The van der Waals surface area contributed by atoms with E-state index in [-0.39, 0.29) is 30.7 Å². The van der Waals surface area contributed by atoms with E-state index in [9.17, 15) is 14.4 Å². The molecule has 122 valence electrons. The van der Waals surface area contributed by atoms with Crippen molar-refractivity contribution in [2.45, 2.75) is 32.7 Å². The summed E-state index contributed by atoms with van der Waals surface area (Å²) >= 11 is 1.44. The van der Waals surface area contributed by atoms with Gasteiger partial charge in [-0.05, 0) is 23.8 Å². The molecule has 2 amide bonds. The van der Waals surface area contributed by atoms with Crippen LogP contribution in [0.2, 0.25) is 0 Å². The minimum absolute atomic E-state index is 0.113. The fourth-order valence-electron chi connectivity index (χ4n) is 1.88. The van der Waals surface area contributed by atoms with Crippen LogP contribution in [-0.2, 0) is 14.3 Å². The van der Waals surface area contributed by atoms with Gasteiger partial charge in [-0.15, -0.1) is 0 Å². The van der Waals surface area contributed by atoms with Gasteiger partial charge in [0, 0.05) is 23.9 Å². The van der Waals surface area contributed by atoms with Crippen LogP contribution < -0.4 is 10.6 Å². The molecule has 0 aromatic carbocycles. The van der Waals surface area contributed by atoms with E-state index in [0.29, 0.717) is 12.0 Å². The van der Waals surface area contributed by atoms with Gasteiger partial charge in [-0.1, -0.05) is 13.8 Å². The Hall–Kier alpha value is -1.89. The molecular weight excluding hydrogens is 304 g/mol. The highest BCUT2D eigenvalue weighted by molar-refractivity contribution is 7.08. The predicted molar refractivity (Wildman–Crippen MR) is 84.7 cm³/mol. The smallest absolute Gasteiger partial charge is 0.328 e. The number of hydrogen-bond acceptors (Lipinski definition) is 5. The molecule has 1 aromatic rings. The van der Waals surface area contributed by atoms with E-state index in [1.165, 1.54) is 18.4 Å². The predicted octanol–water partition coefficient (Wildman–Crippen LogP) is 1.57. The van der Waals surface area contributed by atoms with Crippen molar-refractivity contribution in [3.8, 4) is 0 Å². The second-order valence-electron chi connectivity index (χ2n) is 5.29. The van der Waals surface area contributed by atoms with Crippen LogP contribution in [0.25, 0.3) is 0 Å². The van der Waals surface area contributed by atoms with Gasteiger partial charge in [-0.3, -0.25) is 9.59 Å². The van der Waals surface area contributed by atoms with E-state index in [1.807, 2.05) is 19.2 Å². The second kappa shape index (κ2) is 9.19. The lowest BCUT2D eigenvalue weighted by molar-refractivity contribution is -0.145. The molecule has 0 aliphatic carbocycles. The fraction of sp³-hybridized carbons (Fsp3) is 0.533. The third kappa shape index (κ3) is 6.26. The lowest BCUT2D eigenvalue weighted by atomic mass is 10.0. The molecule has 0 aliphatic rings. The molecule has 2 N–H and O–H groups in total. The summed E-state index contributed by atoms with van der Waals surface area (Å²) in [5, 5.41) is 8.86. The molecule has 0 saturated carbocycles. The molecule has 1 atom stereocenters. The van der Waals surface area contributed by atoms with Crippen molar-refractivity contribution in [3.05, 3.63) is 22.4 Å². The molecule has 1 aromatic heterocycles. The maximum atomic E-state index is 11.9. The molecule has 1 rings (SSSR count). The zero-order valence-corrected chi connectivity index (χ0v) is 13.9. The molecule has 0 saturated heterocycles. The minimum atomic E-state index is -0.648. The third-order valence-electron chi connectivity index (χ3n) is 2.95. The summed E-state index contributed by atoms with van der Waals surface area (Å²) in [4.78, 5) is 35.2. The van der Waals surface area contributed by atoms with Crippen molar-refractivity contribution in [1.82, 2.24) is 10.6 Å². The Balaban J connectivity index is 2.37. The van der Waals surface area contributed by atoms with Gasteiger partial charge in [0.05, 0.1) is 7.11 Å². The number of esters is 1. The fourth-order valence-corrected chi connectivity index (χ4v) is 2.52. The third-order valence-corrected chi connectivity index (χ3v) is 3.63. The number of nitrogens with one attached hydrogen (secondary N) is 2. The average Bonchev–Trinajstić information content (AvgIpc) is 2.99. The average molecular weight is 326 g/mol. The molecule has 22 heavy (non-hydrogen) atoms. The summed E-state index contributed by atoms with van der Waals surface area (Å²) in [6.07, 6.45) is 0.626. The van der Waals surface area contributed by atoms with Crippen LogP contribution >= 0.6 is 11.3 Å². The van der Waals surface area contributed by atoms with Gasteiger partial charge in [0.15, 0.2) is 0 Å². The summed E-state index contributed by atoms with van der Waals surface area (Å²) in [6, 6.07) is 1.07. The normalized spacial score (nSPS) is 11.8. The first-order valence-corrected chi connectivity index (χ1v) is 8.06. The molecule has 0 aliphatic heterocycles. The first-order valence-electron chi connectivity index (χ1n) is 7.11. The molecule has 7 heteroatoms. The first kappa shape index (κ1) is 18.2. The van der Waals surface area contributed by atoms with Gasteiger partial charge in [-0.25, -0.2) is 4.79 Å². The topological polar surface area (TPSA) is 84.5 Å². The van der Waals surface area contributed by atoms with Crippen molar-refractivity contribution in [3.63, 3.8) is 0 Å². The summed E-state index contributed by atoms with van der Waals surface area (Å²) < 4.78 is 4.68. The Labute approximate surface area is 134 Å². The van der Waals surface area contributed by atoms with Crippen molar-refractivity contribution >= 4 is 29.1 Å². The maximum Gasteiger partial charge on any atom is 0.328 e. The number of hydrogen-bond donors (Lipinski definition) is 2. The molecule has 0 spiro atoms. The minimum Gasteiger partial charge on any atom is -0.467 e. The highest BCUT2D eigenvalue weighted by atomic mass is 32.1. The number of carbonyl (C=O) groups is 3. The van der Waals surface area contributed by atoms with Crippen molar-refractivity contribution in [2.24, 2.45) is 5.92 Å². The molecule has 1 unspecified atom stereocenters. The van der Waals surface area contributed by atoms with E-state index in [2.05, 4.69) is 15.4 Å². The van der Waals surface area contributed by atoms with Crippen LogP contribution in [-0.4, -0.2) is 37.5 Å². The van der Waals surface area contributed by atoms with E-state index in [1.54, 1.807) is 11.4 Å². The monoisotopic (exact) mass is 326 g/mol. The Bertz CT molecular complexity index is 500. The summed E-state index contributed by atoms with van der Waals surface area (Å²) in [7, 11) is 1.29. The summed E-state index contributed by atoms with van der Waals surface area (Å²) in [5.41, 5.74) is 0.581. The Morgan fingerprint density at radius 2 is 2.05 bits per heavy atom. The molecule has 6 nitrogen and oxygen atoms in total. The van der Waals surface area contributed by atoms with Crippen molar-refractivity contribution in [1.29, 1.82) is 0 Å². The van der Waals surface area contributed by atoms with Gasteiger partial charge in [0.25, 0.3) is 5.91 Å². The highest BCUT2D eigenvalue weighted by Gasteiger charge is 2.22. The van der Waals surface area contributed by atoms with E-state index in [4.69, 9.17) is 0 Å². The number of rotatable bonds is 8. The largest absolute Gasteiger partial charge is 0.467 e. The lowest BCUT2D eigenvalue weighted by Gasteiger charge is -2.18. The van der Waals surface area contributed by atoms with E-state index >= 15 is 0 Å². The maximum absolute atomic E-state index is 11.9. The first-order chi connectivity index (χ1) is 10.4. The van der Waals surface area contributed by atoms with E-state index in [0.717, 1.165) is 0 Å². The highest BCUT2D eigenvalue weighted by Crippen LogP contribution is 2.07. The SMILES string of the molecule is COC(=O)C(CC(C)C)NC(=O)CCNC(=O)c1ccsc1. The number of amides is 2. The summed E-state index contributed by atoms with van der Waals surface area (Å²) in [6.45, 7) is 4.14. The molecular formula is C15H22N2O4S. The number of methoxy groups -OCH3 is 1. The Morgan fingerprint density at radius 3 is 2.59 bits per heavy atom. The van der Waals surface area contributed by atoms with Gasteiger partial charge < -0.3 is 15.4 Å². The van der Waals surface area contributed by atoms with Gasteiger partial charge >= 0.3 is 5.97 Å². The zero-order chi connectivity index (χ0) is 16.5. The van der Waals surface area contributed by atoms with Crippen LogP contribution in [0.15, 0.2) is 16.8 Å². The van der Waals surface area contributed by atoms with Crippen molar-refractivity contribution < 1.29 is 19.1 Å². The van der Waals surface area contributed by atoms with Gasteiger partial charge in [0.1, 0.15) is 6.04 Å². The standard InChI is InChI=1S/C15H22N2O4S/c1-10(2)8-12(15(20)21-3)17-13(18)4-6-16-14(19)11-5-7-22-9-11/h5,7,9-10,12H,4,6,8H2,1-3H3,(H,16,19)(H,17,18). The number of carbonyl (C=O) groups excluding carboxylic acids is 3. The molecule has 0 radical (unpaired) electrons. The zero-order valence-electron chi connectivity index (χ0n) is 13.0. The Kier molecular flexibility index (Phi) is 7.59. The number of thiophene rings is 1. The summed E-state index contributed by atoms with van der Waals surface area (Å²) in [5.74, 6) is -0.700. The van der Waals surface area contributed by atoms with E-state index < -0.39 is 12.0 Å². The van der Waals surface area contributed by atoms with Crippen LogP contribution in [0, 0.1) is 5.92 Å². The van der Waals surface area contributed by atoms with Crippen LogP contribution in [0.1, 0.15) is 37.0 Å². The number of ether oxygens (including phenoxy) is 1. The van der Waals surface area contributed by atoms with Crippen LogP contribution in [0.5, 0.6) is 0 Å². The van der Waals surface area contributed by atoms with Crippen molar-refractivity contribution in [2.75, 3.05) is 13.7 Å². The molecule has 0 fully saturated rings.